The van der Waals surface area contributed by atoms with Crippen molar-refractivity contribution in [1.29, 1.82) is 0 Å². The number of hydrogen-bond acceptors (Lipinski definition) is 6. The van der Waals surface area contributed by atoms with Crippen LogP contribution in [0.1, 0.15) is 17.5 Å². The van der Waals surface area contributed by atoms with Gasteiger partial charge in [0.2, 0.25) is 5.95 Å². The summed E-state index contributed by atoms with van der Waals surface area (Å²) in [6.45, 7) is 6.32. The van der Waals surface area contributed by atoms with Crippen LogP contribution < -0.4 is 10.9 Å². The van der Waals surface area contributed by atoms with E-state index in [0.29, 0.717) is 23.6 Å². The number of hydrogen-bond donors (Lipinski definition) is 1. The summed E-state index contributed by atoms with van der Waals surface area (Å²) >= 11 is 0. The number of nitrogens with zero attached hydrogens (tertiary/aromatic N) is 5. The minimum absolute atomic E-state index is 0.100. The Morgan fingerprint density at radius 2 is 1.84 bits per heavy atom. The molecule has 0 saturated carbocycles. The zero-order valence-corrected chi connectivity index (χ0v) is 18.1. The molecule has 1 aromatic carbocycles. The third-order valence-electron chi connectivity index (χ3n) is 5.86. The van der Waals surface area contributed by atoms with Gasteiger partial charge in [-0.1, -0.05) is 12.1 Å². The first-order valence-corrected chi connectivity index (χ1v) is 10.7. The Morgan fingerprint density at radius 3 is 2.58 bits per heavy atom. The fourth-order valence-electron chi connectivity index (χ4n) is 3.92. The van der Waals surface area contributed by atoms with E-state index in [0.717, 1.165) is 56.6 Å². The van der Waals surface area contributed by atoms with Gasteiger partial charge in [0.25, 0.3) is 5.56 Å². The molecule has 0 bridgehead atoms. The molecule has 1 aliphatic rings. The van der Waals surface area contributed by atoms with Crippen molar-refractivity contribution in [2.45, 2.75) is 12.8 Å². The molecule has 1 N–H and O–H groups in total. The number of aryl methyl sites for hydroxylation is 1. The van der Waals surface area contributed by atoms with Gasteiger partial charge in [0.15, 0.2) is 0 Å². The third-order valence-corrected chi connectivity index (χ3v) is 5.86. The normalized spacial score (nSPS) is 15.5. The Balaban J connectivity index is 1.41. The number of piperazine rings is 1. The molecule has 0 atom stereocenters. The number of halogens is 1. The van der Waals surface area contributed by atoms with Gasteiger partial charge in [-0.25, -0.2) is 9.37 Å². The van der Waals surface area contributed by atoms with Crippen molar-refractivity contribution in [3.63, 3.8) is 0 Å². The van der Waals surface area contributed by atoms with Gasteiger partial charge in [-0.3, -0.25) is 9.36 Å². The van der Waals surface area contributed by atoms with Crippen molar-refractivity contribution in [2.75, 3.05) is 51.6 Å². The van der Waals surface area contributed by atoms with Crippen molar-refractivity contribution in [2.24, 2.45) is 7.05 Å². The molecule has 2 aromatic heterocycles. The Kier molecular flexibility index (Phi) is 6.58. The molecule has 1 aliphatic heterocycles. The number of aromatic nitrogens is 3. The molecule has 0 unspecified atom stereocenters. The van der Waals surface area contributed by atoms with Crippen LogP contribution >= 0.6 is 0 Å². The lowest BCUT2D eigenvalue weighted by atomic mass is 10.1. The van der Waals surface area contributed by atoms with Crippen LogP contribution in [0.3, 0.4) is 0 Å². The fourth-order valence-corrected chi connectivity index (χ4v) is 3.92. The molecule has 8 heteroatoms. The van der Waals surface area contributed by atoms with Crippen molar-refractivity contribution < 1.29 is 4.39 Å². The first kappa shape index (κ1) is 21.4. The molecular weight excluding hydrogens is 395 g/mol. The van der Waals surface area contributed by atoms with Crippen LogP contribution in [0.15, 0.2) is 41.3 Å². The highest BCUT2D eigenvalue weighted by Crippen LogP contribution is 2.15. The zero-order chi connectivity index (χ0) is 21.8. The van der Waals surface area contributed by atoms with E-state index in [1.807, 2.05) is 6.07 Å². The SMILES string of the molecule is CN1CCN(CCCNc2ncc3cc(Cc4ccc(F)cc4)c(=O)n(C)c3n2)CC1. The minimum atomic E-state index is -0.285. The van der Waals surface area contributed by atoms with Crippen molar-refractivity contribution >= 4 is 17.0 Å². The second-order valence-electron chi connectivity index (χ2n) is 8.23. The second kappa shape index (κ2) is 9.53. The average Bonchev–Trinajstić information content (AvgIpc) is 2.78. The van der Waals surface area contributed by atoms with Gasteiger partial charge >= 0.3 is 0 Å². The summed E-state index contributed by atoms with van der Waals surface area (Å²) in [5, 5.41) is 4.09. The average molecular weight is 425 g/mol. The van der Waals surface area contributed by atoms with Gasteiger partial charge in [0.1, 0.15) is 11.5 Å². The summed E-state index contributed by atoms with van der Waals surface area (Å²) in [5.41, 5.74) is 2.02. The molecule has 3 heterocycles. The molecule has 31 heavy (non-hydrogen) atoms. The van der Waals surface area contributed by atoms with Crippen LogP contribution in [0.5, 0.6) is 0 Å². The first-order valence-electron chi connectivity index (χ1n) is 10.7. The van der Waals surface area contributed by atoms with E-state index in [1.54, 1.807) is 29.9 Å². The molecule has 0 amide bonds. The Hall–Kier alpha value is -2.84. The molecular formula is C23H29FN6O. The molecule has 0 aliphatic carbocycles. The van der Waals surface area contributed by atoms with E-state index in [1.165, 1.54) is 12.1 Å². The lowest BCUT2D eigenvalue weighted by Crippen LogP contribution is -2.44. The molecule has 7 nitrogen and oxygen atoms in total. The van der Waals surface area contributed by atoms with Crippen LogP contribution in [-0.4, -0.2) is 70.7 Å². The molecule has 1 saturated heterocycles. The van der Waals surface area contributed by atoms with Gasteiger partial charge in [0.05, 0.1) is 0 Å². The van der Waals surface area contributed by atoms with E-state index >= 15 is 0 Å². The highest BCUT2D eigenvalue weighted by molar-refractivity contribution is 5.76. The van der Waals surface area contributed by atoms with E-state index in [-0.39, 0.29) is 11.4 Å². The summed E-state index contributed by atoms with van der Waals surface area (Å²) in [4.78, 5) is 26.6. The van der Waals surface area contributed by atoms with Gasteiger partial charge in [0, 0.05) is 63.3 Å². The molecule has 0 spiro atoms. The second-order valence-corrected chi connectivity index (χ2v) is 8.23. The summed E-state index contributed by atoms with van der Waals surface area (Å²) < 4.78 is 14.7. The minimum Gasteiger partial charge on any atom is -0.354 e. The Morgan fingerprint density at radius 1 is 1.10 bits per heavy atom. The predicted octanol–water partition coefficient (Wildman–Crippen LogP) is 2.11. The Labute approximate surface area is 181 Å². The topological polar surface area (TPSA) is 66.3 Å². The number of benzene rings is 1. The number of rotatable bonds is 7. The molecule has 164 valence electrons. The van der Waals surface area contributed by atoms with Gasteiger partial charge in [-0.05, 0) is 43.8 Å². The van der Waals surface area contributed by atoms with Gasteiger partial charge in [-0.15, -0.1) is 0 Å². The number of nitrogens with one attached hydrogen (secondary N) is 1. The summed E-state index contributed by atoms with van der Waals surface area (Å²) in [6, 6.07) is 8.05. The van der Waals surface area contributed by atoms with Gasteiger partial charge in [-0.2, -0.15) is 4.98 Å². The van der Waals surface area contributed by atoms with Crippen molar-refractivity contribution in [1.82, 2.24) is 24.3 Å². The lowest BCUT2D eigenvalue weighted by Gasteiger charge is -2.32. The van der Waals surface area contributed by atoms with Crippen molar-refractivity contribution in [3.8, 4) is 0 Å². The summed E-state index contributed by atoms with van der Waals surface area (Å²) in [6.07, 6.45) is 3.20. The lowest BCUT2D eigenvalue weighted by molar-refractivity contribution is 0.154. The number of anilines is 1. The zero-order valence-electron chi connectivity index (χ0n) is 18.1. The van der Waals surface area contributed by atoms with Crippen LogP contribution in [0.4, 0.5) is 10.3 Å². The first-order chi connectivity index (χ1) is 15.0. The largest absolute Gasteiger partial charge is 0.354 e. The smallest absolute Gasteiger partial charge is 0.255 e. The quantitative estimate of drug-likeness (QED) is 0.586. The number of pyridine rings is 1. The fraction of sp³-hybridized carbons (Fsp3) is 0.435. The molecule has 1 fully saturated rings. The summed E-state index contributed by atoms with van der Waals surface area (Å²) in [5.74, 6) is 0.249. The van der Waals surface area contributed by atoms with E-state index in [9.17, 15) is 9.18 Å². The standard InChI is InChI=1S/C23H29FN6O/c1-28-10-12-30(13-11-28)9-3-8-25-23-26-16-19-15-18(22(31)29(2)21(19)27-23)14-17-4-6-20(24)7-5-17/h4-7,15-16H,3,8-14H2,1-2H3,(H,25,26,27). The van der Waals surface area contributed by atoms with Crippen LogP contribution in [-0.2, 0) is 13.5 Å². The van der Waals surface area contributed by atoms with Crippen molar-refractivity contribution in [3.05, 3.63) is 63.8 Å². The number of likely N-dealkylation sites (N-methyl/N-ethyl adjacent to an activating group) is 1. The van der Waals surface area contributed by atoms with E-state index in [2.05, 4.69) is 32.1 Å². The Bertz CT molecular complexity index is 1090. The van der Waals surface area contributed by atoms with E-state index < -0.39 is 0 Å². The van der Waals surface area contributed by atoms with Gasteiger partial charge < -0.3 is 15.1 Å². The highest BCUT2D eigenvalue weighted by Gasteiger charge is 2.13. The summed E-state index contributed by atoms with van der Waals surface area (Å²) in [7, 11) is 3.89. The van der Waals surface area contributed by atoms with Crippen LogP contribution in [0, 0.1) is 5.82 Å². The number of fused-ring (bicyclic) bond motifs is 1. The van der Waals surface area contributed by atoms with Crippen LogP contribution in [0.2, 0.25) is 0 Å². The third kappa shape index (κ3) is 5.26. The highest BCUT2D eigenvalue weighted by atomic mass is 19.1. The molecule has 3 aromatic rings. The maximum atomic E-state index is 13.1. The molecule has 4 rings (SSSR count). The monoisotopic (exact) mass is 424 g/mol. The van der Waals surface area contributed by atoms with Crippen LogP contribution in [0.25, 0.3) is 11.0 Å². The van der Waals surface area contributed by atoms with E-state index in [4.69, 9.17) is 0 Å². The maximum Gasteiger partial charge on any atom is 0.255 e. The maximum absolute atomic E-state index is 13.1. The molecule has 0 radical (unpaired) electrons. The predicted molar refractivity (Wildman–Crippen MR) is 121 cm³/mol.